The Bertz CT molecular complexity index is 1310. The van der Waals surface area contributed by atoms with Crippen LogP contribution < -0.4 is 15.5 Å². The lowest BCUT2D eigenvalue weighted by molar-refractivity contribution is 0.102. The van der Waals surface area contributed by atoms with Crippen molar-refractivity contribution in [1.82, 2.24) is 19.4 Å². The predicted molar refractivity (Wildman–Crippen MR) is 135 cm³/mol. The summed E-state index contributed by atoms with van der Waals surface area (Å²) < 4.78 is 27.4. The molecule has 1 amide bonds. The molecule has 0 unspecified atom stereocenters. The minimum atomic E-state index is -3.87. The van der Waals surface area contributed by atoms with Gasteiger partial charge in [-0.2, -0.15) is 12.5 Å². The highest BCUT2D eigenvalue weighted by Gasteiger charge is 2.30. The lowest BCUT2D eigenvalue weighted by atomic mass is 10.1. The Balaban J connectivity index is 1.32. The maximum absolute atomic E-state index is 13.2. The first-order valence-corrected chi connectivity index (χ1v) is 13.3. The molecule has 3 heterocycles. The van der Waals surface area contributed by atoms with Gasteiger partial charge in [0, 0.05) is 62.1 Å². The molecule has 0 bridgehead atoms. The number of nitrogens with one attached hydrogen (secondary N) is 2. The fraction of sp³-hybridized carbons (Fsp3) is 0.360. The molecule has 2 N–H and O–H groups in total. The molecule has 1 aromatic heterocycles. The third kappa shape index (κ3) is 4.56. The van der Waals surface area contributed by atoms with Crippen LogP contribution in [-0.4, -0.2) is 60.6 Å². The highest BCUT2D eigenvalue weighted by molar-refractivity contribution is 7.89. The molecule has 10 heteroatoms. The summed E-state index contributed by atoms with van der Waals surface area (Å²) in [5, 5.41) is 10.3. The van der Waals surface area contributed by atoms with Crippen LogP contribution in [0.2, 0.25) is 0 Å². The van der Waals surface area contributed by atoms with Crippen LogP contribution in [0.1, 0.15) is 35.5 Å². The zero-order chi connectivity index (χ0) is 24.6. The molecule has 35 heavy (non-hydrogen) atoms. The first-order valence-electron chi connectivity index (χ1n) is 11.9. The fourth-order valence-electron chi connectivity index (χ4n) is 4.62. The Morgan fingerprint density at radius 1 is 0.971 bits per heavy atom. The summed E-state index contributed by atoms with van der Waals surface area (Å²) in [7, 11) is -3.87. The molecule has 5 rings (SSSR count). The Hall–Kier alpha value is -3.21. The van der Waals surface area contributed by atoms with Crippen molar-refractivity contribution in [2.45, 2.75) is 37.9 Å². The van der Waals surface area contributed by atoms with Crippen molar-refractivity contribution in [3.8, 4) is 0 Å². The summed E-state index contributed by atoms with van der Waals surface area (Å²) in [4.78, 5) is 17.9. The van der Waals surface area contributed by atoms with E-state index in [1.54, 1.807) is 30.3 Å². The second kappa shape index (κ2) is 9.44. The van der Waals surface area contributed by atoms with Gasteiger partial charge in [-0.25, -0.2) is 0 Å². The van der Waals surface area contributed by atoms with Crippen LogP contribution in [0, 0.1) is 0 Å². The molecule has 0 saturated carbocycles. The maximum Gasteiger partial charge on any atom is 0.283 e. The summed E-state index contributed by atoms with van der Waals surface area (Å²) in [5.74, 6) is -0.0546. The number of anilines is 2. The molecule has 9 nitrogen and oxygen atoms in total. The SMILES string of the molecule is CC(C)N1CCN(c2ccc(C(=O)Nc3nn(S(=O)(=O)c4ccccc4)c4c3CNC4)cc2)CC1. The van der Waals surface area contributed by atoms with E-state index in [2.05, 4.69) is 39.4 Å². The van der Waals surface area contributed by atoms with Crippen LogP contribution in [0.4, 0.5) is 11.5 Å². The van der Waals surface area contributed by atoms with E-state index in [-0.39, 0.29) is 16.6 Å². The smallest absolute Gasteiger partial charge is 0.283 e. The summed E-state index contributed by atoms with van der Waals surface area (Å²) in [5.41, 5.74) is 2.82. The number of hydrogen-bond donors (Lipinski definition) is 2. The van der Waals surface area contributed by atoms with Crippen molar-refractivity contribution in [1.29, 1.82) is 0 Å². The van der Waals surface area contributed by atoms with Crippen LogP contribution in [-0.2, 0) is 23.1 Å². The molecule has 2 aliphatic rings. The van der Waals surface area contributed by atoms with Crippen molar-refractivity contribution in [3.63, 3.8) is 0 Å². The van der Waals surface area contributed by atoms with Crippen molar-refractivity contribution in [3.05, 3.63) is 71.4 Å². The van der Waals surface area contributed by atoms with Crippen LogP contribution in [0.5, 0.6) is 0 Å². The minimum Gasteiger partial charge on any atom is -0.369 e. The maximum atomic E-state index is 13.2. The number of rotatable bonds is 6. The number of carbonyl (C=O) groups excluding carboxylic acids is 1. The monoisotopic (exact) mass is 494 g/mol. The Labute approximate surface area is 205 Å². The van der Waals surface area contributed by atoms with E-state index in [9.17, 15) is 13.2 Å². The van der Waals surface area contributed by atoms with Gasteiger partial charge in [-0.05, 0) is 50.2 Å². The number of benzene rings is 2. The van der Waals surface area contributed by atoms with Gasteiger partial charge in [-0.15, -0.1) is 5.10 Å². The second-order valence-electron chi connectivity index (χ2n) is 9.16. The highest BCUT2D eigenvalue weighted by Crippen LogP contribution is 2.28. The number of amides is 1. The van der Waals surface area contributed by atoms with E-state index in [0.29, 0.717) is 36.0 Å². The first kappa shape index (κ1) is 23.5. The molecular weight excluding hydrogens is 464 g/mol. The van der Waals surface area contributed by atoms with Crippen LogP contribution in [0.15, 0.2) is 59.5 Å². The van der Waals surface area contributed by atoms with E-state index in [0.717, 1.165) is 36.0 Å². The van der Waals surface area contributed by atoms with Crippen LogP contribution in [0.3, 0.4) is 0 Å². The van der Waals surface area contributed by atoms with Gasteiger partial charge in [-0.1, -0.05) is 18.2 Å². The fourth-order valence-corrected chi connectivity index (χ4v) is 5.98. The minimum absolute atomic E-state index is 0.153. The molecule has 0 spiro atoms. The Morgan fingerprint density at radius 2 is 1.66 bits per heavy atom. The average Bonchev–Trinajstić information content (AvgIpc) is 3.49. The van der Waals surface area contributed by atoms with Gasteiger partial charge in [0.1, 0.15) is 0 Å². The average molecular weight is 495 g/mol. The van der Waals surface area contributed by atoms with Gasteiger partial charge in [-0.3, -0.25) is 9.69 Å². The Kier molecular flexibility index (Phi) is 6.35. The molecule has 1 fully saturated rings. The van der Waals surface area contributed by atoms with Gasteiger partial charge < -0.3 is 15.5 Å². The van der Waals surface area contributed by atoms with Gasteiger partial charge in [0.15, 0.2) is 5.82 Å². The standard InChI is InChI=1S/C25H30N6O3S/c1-18(2)29-12-14-30(15-13-29)20-10-8-19(9-11-20)25(32)27-24-22-16-26-17-23(22)31(28-24)35(33,34)21-6-4-3-5-7-21/h3-11,18,26H,12-17H2,1-2H3,(H,27,28,32). The number of fused-ring (bicyclic) bond motifs is 1. The van der Waals surface area contributed by atoms with Crippen molar-refractivity contribution in [2.24, 2.45) is 0 Å². The zero-order valence-electron chi connectivity index (χ0n) is 19.9. The van der Waals surface area contributed by atoms with Gasteiger partial charge in [0.2, 0.25) is 0 Å². The van der Waals surface area contributed by atoms with Gasteiger partial charge >= 0.3 is 0 Å². The molecule has 2 aromatic carbocycles. The lowest BCUT2D eigenvalue weighted by Crippen LogP contribution is -2.48. The topological polar surface area (TPSA) is 99.6 Å². The zero-order valence-corrected chi connectivity index (χ0v) is 20.8. The summed E-state index contributed by atoms with van der Waals surface area (Å²) in [6, 6.07) is 16.3. The third-order valence-electron chi connectivity index (χ3n) is 6.69. The third-order valence-corrected chi connectivity index (χ3v) is 8.32. The number of carbonyl (C=O) groups is 1. The first-order chi connectivity index (χ1) is 16.8. The molecule has 3 aromatic rings. The van der Waals surface area contributed by atoms with E-state index in [4.69, 9.17) is 0 Å². The number of hydrogen-bond acceptors (Lipinski definition) is 7. The molecular formula is C25H30N6O3S. The van der Waals surface area contributed by atoms with Crippen molar-refractivity contribution >= 4 is 27.4 Å². The molecule has 184 valence electrons. The number of nitrogens with zero attached hydrogens (tertiary/aromatic N) is 4. The van der Waals surface area contributed by atoms with Crippen LogP contribution >= 0.6 is 0 Å². The van der Waals surface area contributed by atoms with E-state index < -0.39 is 10.0 Å². The van der Waals surface area contributed by atoms with E-state index in [1.165, 1.54) is 12.1 Å². The van der Waals surface area contributed by atoms with Gasteiger partial charge in [0.25, 0.3) is 15.9 Å². The summed E-state index contributed by atoms with van der Waals surface area (Å²) in [6.07, 6.45) is 0. The molecule has 0 aliphatic carbocycles. The molecule has 0 atom stereocenters. The van der Waals surface area contributed by atoms with E-state index in [1.807, 2.05) is 12.1 Å². The van der Waals surface area contributed by atoms with Crippen LogP contribution in [0.25, 0.3) is 0 Å². The highest BCUT2D eigenvalue weighted by atomic mass is 32.2. The predicted octanol–water partition coefficient (Wildman–Crippen LogP) is 2.51. The van der Waals surface area contributed by atoms with Gasteiger partial charge in [0.05, 0.1) is 10.6 Å². The van der Waals surface area contributed by atoms with Crippen molar-refractivity contribution in [2.75, 3.05) is 36.4 Å². The van der Waals surface area contributed by atoms with E-state index >= 15 is 0 Å². The quantitative estimate of drug-likeness (QED) is 0.543. The summed E-state index contributed by atoms with van der Waals surface area (Å²) >= 11 is 0. The molecule has 1 saturated heterocycles. The Morgan fingerprint density at radius 3 is 2.31 bits per heavy atom. The number of piperazine rings is 1. The molecule has 0 radical (unpaired) electrons. The summed E-state index contributed by atoms with van der Waals surface area (Å²) in [6.45, 7) is 9.19. The molecule has 2 aliphatic heterocycles. The lowest BCUT2D eigenvalue weighted by Gasteiger charge is -2.38. The van der Waals surface area contributed by atoms with Crippen molar-refractivity contribution < 1.29 is 13.2 Å². The normalized spacial score (nSPS) is 16.5. The largest absolute Gasteiger partial charge is 0.369 e. The second-order valence-corrected chi connectivity index (χ2v) is 10.9. The number of aromatic nitrogens is 2.